The monoisotopic (exact) mass is 329 g/mol. The lowest BCUT2D eigenvalue weighted by molar-refractivity contribution is -0.138. The van der Waals surface area contributed by atoms with E-state index in [1.807, 2.05) is 0 Å². The van der Waals surface area contributed by atoms with Gasteiger partial charge >= 0.3 is 0 Å². The highest BCUT2D eigenvalue weighted by Gasteiger charge is 2.30. The zero-order valence-corrected chi connectivity index (χ0v) is 13.7. The third kappa shape index (κ3) is 4.47. The van der Waals surface area contributed by atoms with Crippen LogP contribution in [0.3, 0.4) is 0 Å². The van der Waals surface area contributed by atoms with E-state index >= 15 is 0 Å². The number of amides is 1. The van der Waals surface area contributed by atoms with Gasteiger partial charge in [-0.2, -0.15) is 0 Å². The molecule has 0 aromatic carbocycles. The van der Waals surface area contributed by atoms with Crippen LogP contribution in [-0.2, 0) is 4.79 Å². The van der Waals surface area contributed by atoms with E-state index in [0.29, 0.717) is 17.9 Å². The first kappa shape index (κ1) is 15.3. The van der Waals surface area contributed by atoms with E-state index in [0.717, 1.165) is 24.7 Å². The van der Waals surface area contributed by atoms with Crippen LogP contribution in [0.25, 0.3) is 0 Å². The summed E-state index contributed by atoms with van der Waals surface area (Å²) in [7, 11) is 0. The standard InChI is InChI=1S/C16H28BrNO/c17-12-13-18(15-10-6-7-11-15)16(19)14-8-4-2-1-3-5-9-14/h14-15H,1-13H2. The summed E-state index contributed by atoms with van der Waals surface area (Å²) < 4.78 is 0. The molecule has 3 heteroatoms. The lowest BCUT2D eigenvalue weighted by atomic mass is 9.89. The molecular formula is C16H28BrNO. The highest BCUT2D eigenvalue weighted by atomic mass is 79.9. The molecule has 0 bridgehead atoms. The predicted molar refractivity (Wildman–Crippen MR) is 83.6 cm³/mol. The molecule has 1 amide bonds. The fraction of sp³-hybridized carbons (Fsp3) is 0.938. The Hall–Kier alpha value is -0.0500. The van der Waals surface area contributed by atoms with Gasteiger partial charge in [0.1, 0.15) is 0 Å². The van der Waals surface area contributed by atoms with Crippen molar-refractivity contribution in [3.8, 4) is 0 Å². The lowest BCUT2D eigenvalue weighted by Gasteiger charge is -2.32. The maximum absolute atomic E-state index is 12.8. The molecule has 0 aliphatic heterocycles. The first-order valence-electron chi connectivity index (χ1n) is 8.19. The first-order valence-corrected chi connectivity index (χ1v) is 9.31. The molecule has 0 atom stereocenters. The quantitative estimate of drug-likeness (QED) is 0.694. The Kier molecular flexibility index (Phi) is 6.69. The maximum atomic E-state index is 12.8. The van der Waals surface area contributed by atoms with Crippen LogP contribution in [0.5, 0.6) is 0 Å². The Morgan fingerprint density at radius 2 is 1.42 bits per heavy atom. The number of nitrogens with zero attached hydrogens (tertiary/aromatic N) is 1. The van der Waals surface area contributed by atoms with Gasteiger partial charge in [-0.15, -0.1) is 0 Å². The van der Waals surface area contributed by atoms with Crippen molar-refractivity contribution in [1.82, 2.24) is 4.90 Å². The number of hydrogen-bond donors (Lipinski definition) is 0. The molecule has 0 spiro atoms. The predicted octanol–water partition coefficient (Wildman–Crippen LogP) is 4.51. The summed E-state index contributed by atoms with van der Waals surface area (Å²) in [6.45, 7) is 0.903. The molecule has 0 aromatic rings. The Balaban J connectivity index is 1.95. The molecule has 110 valence electrons. The van der Waals surface area contributed by atoms with Gasteiger partial charge in [-0.3, -0.25) is 4.79 Å². The maximum Gasteiger partial charge on any atom is 0.225 e. The summed E-state index contributed by atoms with van der Waals surface area (Å²) in [6.07, 6.45) is 13.9. The van der Waals surface area contributed by atoms with Crippen LogP contribution in [0.15, 0.2) is 0 Å². The van der Waals surface area contributed by atoms with Crippen molar-refractivity contribution in [2.75, 3.05) is 11.9 Å². The second-order valence-corrected chi connectivity index (χ2v) is 6.99. The third-order valence-corrected chi connectivity index (χ3v) is 5.18. The number of alkyl halides is 1. The van der Waals surface area contributed by atoms with Crippen LogP contribution >= 0.6 is 15.9 Å². The number of rotatable bonds is 4. The lowest BCUT2D eigenvalue weighted by Crippen LogP contribution is -2.43. The van der Waals surface area contributed by atoms with E-state index in [-0.39, 0.29) is 0 Å². The second-order valence-electron chi connectivity index (χ2n) is 6.20. The number of hydrogen-bond acceptors (Lipinski definition) is 1. The van der Waals surface area contributed by atoms with Gasteiger partial charge < -0.3 is 4.90 Å². The van der Waals surface area contributed by atoms with Crippen molar-refractivity contribution in [1.29, 1.82) is 0 Å². The fourth-order valence-corrected chi connectivity index (χ4v) is 4.10. The van der Waals surface area contributed by atoms with Crippen molar-refractivity contribution < 1.29 is 4.79 Å². The van der Waals surface area contributed by atoms with Gasteiger partial charge in [0.05, 0.1) is 0 Å². The van der Waals surface area contributed by atoms with E-state index in [9.17, 15) is 4.79 Å². The molecule has 2 aliphatic carbocycles. The SMILES string of the molecule is O=C(C1CCCCCCC1)N(CCBr)C1CCCC1. The molecule has 0 N–H and O–H groups in total. The Labute approximate surface area is 126 Å². The van der Waals surface area contributed by atoms with E-state index in [2.05, 4.69) is 20.8 Å². The van der Waals surface area contributed by atoms with Crippen LogP contribution < -0.4 is 0 Å². The van der Waals surface area contributed by atoms with Crippen molar-refractivity contribution >= 4 is 21.8 Å². The zero-order chi connectivity index (χ0) is 13.5. The van der Waals surface area contributed by atoms with Gasteiger partial charge in [0.25, 0.3) is 0 Å². The van der Waals surface area contributed by atoms with Crippen LogP contribution in [0, 0.1) is 5.92 Å². The fourth-order valence-electron chi connectivity index (χ4n) is 3.72. The van der Waals surface area contributed by atoms with Crippen molar-refractivity contribution in [2.24, 2.45) is 5.92 Å². The summed E-state index contributed by atoms with van der Waals surface area (Å²) >= 11 is 3.52. The van der Waals surface area contributed by atoms with Gasteiger partial charge in [0.15, 0.2) is 0 Å². The summed E-state index contributed by atoms with van der Waals surface area (Å²) in [5.41, 5.74) is 0. The van der Waals surface area contributed by atoms with Gasteiger partial charge in [-0.25, -0.2) is 0 Å². The molecule has 2 fully saturated rings. The molecular weight excluding hydrogens is 302 g/mol. The topological polar surface area (TPSA) is 20.3 Å². The van der Waals surface area contributed by atoms with Crippen LogP contribution in [0.2, 0.25) is 0 Å². The molecule has 0 saturated heterocycles. The van der Waals surface area contributed by atoms with Crippen molar-refractivity contribution in [2.45, 2.75) is 76.7 Å². The number of carbonyl (C=O) groups excluding carboxylic acids is 1. The van der Waals surface area contributed by atoms with Gasteiger partial charge in [0, 0.05) is 23.8 Å². The summed E-state index contributed by atoms with van der Waals surface area (Å²) in [5, 5.41) is 0.919. The van der Waals surface area contributed by atoms with Gasteiger partial charge in [-0.05, 0) is 25.7 Å². The molecule has 19 heavy (non-hydrogen) atoms. The Morgan fingerprint density at radius 1 is 0.895 bits per heavy atom. The van der Waals surface area contributed by atoms with E-state index in [1.165, 1.54) is 57.8 Å². The molecule has 2 nitrogen and oxygen atoms in total. The molecule has 2 aliphatic rings. The highest BCUT2D eigenvalue weighted by Crippen LogP contribution is 2.29. The number of carbonyl (C=O) groups is 1. The highest BCUT2D eigenvalue weighted by molar-refractivity contribution is 9.09. The minimum absolute atomic E-state index is 0.319. The van der Waals surface area contributed by atoms with Gasteiger partial charge in [0.2, 0.25) is 5.91 Å². The van der Waals surface area contributed by atoms with Crippen molar-refractivity contribution in [3.63, 3.8) is 0 Å². The number of halogens is 1. The first-order chi connectivity index (χ1) is 9.33. The van der Waals surface area contributed by atoms with E-state index < -0.39 is 0 Å². The minimum atomic E-state index is 0.319. The van der Waals surface area contributed by atoms with Crippen LogP contribution in [0.1, 0.15) is 70.6 Å². The molecule has 2 rings (SSSR count). The zero-order valence-electron chi connectivity index (χ0n) is 12.1. The van der Waals surface area contributed by atoms with Crippen LogP contribution in [-0.4, -0.2) is 28.7 Å². The normalized spacial score (nSPS) is 23.0. The molecule has 0 aromatic heterocycles. The van der Waals surface area contributed by atoms with E-state index in [4.69, 9.17) is 0 Å². The summed E-state index contributed by atoms with van der Waals surface area (Å²) in [5.74, 6) is 0.785. The molecule has 0 unspecified atom stereocenters. The van der Waals surface area contributed by atoms with Crippen molar-refractivity contribution in [3.05, 3.63) is 0 Å². The third-order valence-electron chi connectivity index (χ3n) is 4.83. The smallest absolute Gasteiger partial charge is 0.225 e. The summed E-state index contributed by atoms with van der Waals surface area (Å²) in [6, 6.07) is 0.537. The summed E-state index contributed by atoms with van der Waals surface area (Å²) in [4.78, 5) is 15.1. The molecule has 0 heterocycles. The van der Waals surface area contributed by atoms with E-state index in [1.54, 1.807) is 0 Å². The molecule has 2 saturated carbocycles. The van der Waals surface area contributed by atoms with Gasteiger partial charge in [-0.1, -0.05) is 60.9 Å². The molecule has 0 radical (unpaired) electrons. The van der Waals surface area contributed by atoms with Crippen LogP contribution in [0.4, 0.5) is 0 Å². The largest absolute Gasteiger partial charge is 0.339 e. The average Bonchev–Trinajstić information content (AvgIpc) is 2.88. The second kappa shape index (κ2) is 8.28. The Morgan fingerprint density at radius 3 is 2.00 bits per heavy atom. The average molecular weight is 330 g/mol. The minimum Gasteiger partial charge on any atom is -0.339 e. The Bertz CT molecular complexity index is 268.